The van der Waals surface area contributed by atoms with Gasteiger partial charge >= 0.3 is 0 Å². The average molecular weight is 370 g/mol. The summed E-state index contributed by atoms with van der Waals surface area (Å²) in [5.41, 5.74) is 3.67. The van der Waals surface area contributed by atoms with Crippen molar-refractivity contribution in [3.8, 4) is 0 Å². The van der Waals surface area contributed by atoms with Gasteiger partial charge in [-0.2, -0.15) is 0 Å². The molecule has 142 valence electrons. The van der Waals surface area contributed by atoms with Crippen molar-refractivity contribution in [2.75, 3.05) is 19.6 Å². The van der Waals surface area contributed by atoms with Crippen LogP contribution in [0.25, 0.3) is 0 Å². The van der Waals surface area contributed by atoms with E-state index in [4.69, 9.17) is 0 Å². The molecule has 1 aliphatic rings. The third kappa shape index (κ3) is 4.52. The minimum absolute atomic E-state index is 0.0676. The van der Waals surface area contributed by atoms with E-state index >= 15 is 0 Å². The lowest BCUT2D eigenvalue weighted by Crippen LogP contribution is -2.52. The highest BCUT2D eigenvalue weighted by Crippen LogP contribution is 2.19. The maximum absolute atomic E-state index is 13.0. The van der Waals surface area contributed by atoms with Crippen molar-refractivity contribution in [1.82, 2.24) is 9.80 Å². The summed E-state index contributed by atoms with van der Waals surface area (Å²) in [6.07, 6.45) is -1.40. The SMILES string of the molecule is Cc1cc(C)cc(CN2CCN(C(=O)[C@@H](O)c3ccc(F)cc3)CC2=O)c1. The van der Waals surface area contributed by atoms with Crippen LogP contribution in [0.15, 0.2) is 42.5 Å². The first-order valence-corrected chi connectivity index (χ1v) is 8.91. The highest BCUT2D eigenvalue weighted by molar-refractivity contribution is 5.88. The second-order valence-corrected chi connectivity index (χ2v) is 7.03. The van der Waals surface area contributed by atoms with Crippen LogP contribution in [0.5, 0.6) is 0 Å². The Bertz CT molecular complexity index is 831. The second-order valence-electron chi connectivity index (χ2n) is 7.03. The summed E-state index contributed by atoms with van der Waals surface area (Å²) < 4.78 is 13.0. The number of carbonyl (C=O) groups excluding carboxylic acids is 2. The van der Waals surface area contributed by atoms with Gasteiger partial charge in [-0.15, -0.1) is 0 Å². The van der Waals surface area contributed by atoms with Crippen molar-refractivity contribution in [3.05, 3.63) is 70.5 Å². The van der Waals surface area contributed by atoms with Crippen molar-refractivity contribution in [2.24, 2.45) is 0 Å². The maximum atomic E-state index is 13.0. The predicted octanol–water partition coefficient (Wildman–Crippen LogP) is 2.35. The highest BCUT2D eigenvalue weighted by atomic mass is 19.1. The molecule has 1 fully saturated rings. The van der Waals surface area contributed by atoms with E-state index in [1.807, 2.05) is 13.8 Å². The van der Waals surface area contributed by atoms with Gasteiger partial charge in [0.05, 0.1) is 6.54 Å². The standard InChI is InChI=1S/C21H23FN2O3/c1-14-9-15(2)11-16(10-14)12-23-7-8-24(13-19(23)25)21(27)20(26)17-3-5-18(22)6-4-17/h3-6,9-11,20,26H,7-8,12-13H2,1-2H3/t20-/m0/s1. The molecule has 5 nitrogen and oxygen atoms in total. The Hall–Kier alpha value is -2.73. The van der Waals surface area contributed by atoms with Crippen LogP contribution >= 0.6 is 0 Å². The lowest BCUT2D eigenvalue weighted by atomic mass is 10.1. The van der Waals surface area contributed by atoms with Crippen molar-refractivity contribution >= 4 is 11.8 Å². The van der Waals surface area contributed by atoms with Crippen LogP contribution in [0.3, 0.4) is 0 Å². The zero-order valence-corrected chi connectivity index (χ0v) is 15.5. The highest BCUT2D eigenvalue weighted by Gasteiger charge is 2.31. The molecule has 2 aromatic carbocycles. The van der Waals surface area contributed by atoms with Gasteiger partial charge in [-0.05, 0) is 37.1 Å². The first-order valence-electron chi connectivity index (χ1n) is 8.91. The van der Waals surface area contributed by atoms with Crippen molar-refractivity contribution in [1.29, 1.82) is 0 Å². The fraction of sp³-hybridized carbons (Fsp3) is 0.333. The van der Waals surface area contributed by atoms with Crippen LogP contribution in [0.4, 0.5) is 4.39 Å². The molecule has 0 radical (unpaired) electrons. The first-order chi connectivity index (χ1) is 12.8. The molecule has 1 saturated heterocycles. The van der Waals surface area contributed by atoms with Gasteiger partial charge < -0.3 is 14.9 Å². The molecule has 6 heteroatoms. The normalized spacial score (nSPS) is 15.8. The van der Waals surface area contributed by atoms with Crippen molar-refractivity contribution in [3.63, 3.8) is 0 Å². The Labute approximate surface area is 158 Å². The van der Waals surface area contributed by atoms with Crippen LogP contribution in [0, 0.1) is 19.7 Å². The van der Waals surface area contributed by atoms with Gasteiger partial charge in [-0.1, -0.05) is 41.5 Å². The molecular weight excluding hydrogens is 347 g/mol. The molecular formula is C21H23FN2O3. The predicted molar refractivity (Wildman–Crippen MR) is 99.3 cm³/mol. The number of aliphatic hydroxyl groups is 1. The summed E-state index contributed by atoms with van der Waals surface area (Å²) in [5.74, 6) is -1.13. The third-order valence-electron chi connectivity index (χ3n) is 4.70. The van der Waals surface area contributed by atoms with Gasteiger partial charge in [0, 0.05) is 19.6 Å². The van der Waals surface area contributed by atoms with Gasteiger partial charge in [0.2, 0.25) is 5.91 Å². The molecule has 27 heavy (non-hydrogen) atoms. The molecule has 3 rings (SSSR count). The fourth-order valence-electron chi connectivity index (χ4n) is 3.41. The number of nitrogens with zero attached hydrogens (tertiary/aromatic N) is 2. The topological polar surface area (TPSA) is 60.9 Å². The molecule has 2 aromatic rings. The number of aryl methyl sites for hydroxylation is 2. The van der Waals surface area contributed by atoms with E-state index in [1.165, 1.54) is 29.2 Å². The number of hydrogen-bond acceptors (Lipinski definition) is 3. The van der Waals surface area contributed by atoms with E-state index < -0.39 is 17.8 Å². The number of hydrogen-bond donors (Lipinski definition) is 1. The van der Waals surface area contributed by atoms with Gasteiger partial charge in [0.15, 0.2) is 6.10 Å². The maximum Gasteiger partial charge on any atom is 0.256 e. The van der Waals surface area contributed by atoms with E-state index in [2.05, 4.69) is 18.2 Å². The van der Waals surface area contributed by atoms with E-state index in [-0.39, 0.29) is 12.5 Å². The fourth-order valence-corrected chi connectivity index (χ4v) is 3.41. The lowest BCUT2D eigenvalue weighted by Gasteiger charge is -2.35. The second kappa shape index (κ2) is 7.88. The number of carbonyl (C=O) groups is 2. The molecule has 0 aromatic heterocycles. The smallest absolute Gasteiger partial charge is 0.256 e. The minimum Gasteiger partial charge on any atom is -0.378 e. The summed E-state index contributed by atoms with van der Waals surface area (Å²) in [6.45, 7) is 5.24. The Morgan fingerprint density at radius 2 is 1.74 bits per heavy atom. The third-order valence-corrected chi connectivity index (χ3v) is 4.70. The van der Waals surface area contributed by atoms with Gasteiger partial charge in [0.25, 0.3) is 5.91 Å². The largest absolute Gasteiger partial charge is 0.378 e. The molecule has 1 N–H and O–H groups in total. The number of rotatable bonds is 4. The lowest BCUT2D eigenvalue weighted by molar-refractivity contribution is -0.150. The molecule has 0 bridgehead atoms. The molecule has 1 atom stereocenters. The quantitative estimate of drug-likeness (QED) is 0.899. The molecule has 0 saturated carbocycles. The number of aliphatic hydroxyl groups excluding tert-OH is 1. The number of piperazine rings is 1. The number of benzene rings is 2. The Morgan fingerprint density at radius 1 is 1.11 bits per heavy atom. The van der Waals surface area contributed by atoms with Crippen molar-refractivity contribution in [2.45, 2.75) is 26.5 Å². The van der Waals surface area contributed by atoms with Crippen molar-refractivity contribution < 1.29 is 19.1 Å². The van der Waals surface area contributed by atoms with Gasteiger partial charge in [-0.3, -0.25) is 9.59 Å². The van der Waals surface area contributed by atoms with E-state index in [0.29, 0.717) is 25.2 Å². The summed E-state index contributed by atoms with van der Waals surface area (Å²) in [7, 11) is 0. The van der Waals surface area contributed by atoms with Crippen LogP contribution in [0.1, 0.15) is 28.4 Å². The monoisotopic (exact) mass is 370 g/mol. The molecule has 2 amide bonds. The summed E-state index contributed by atoms with van der Waals surface area (Å²) in [6, 6.07) is 11.3. The molecule has 1 heterocycles. The first kappa shape index (κ1) is 19.0. The molecule has 0 aliphatic carbocycles. The van der Waals surface area contributed by atoms with E-state index in [1.54, 1.807) is 4.90 Å². The van der Waals surface area contributed by atoms with E-state index in [0.717, 1.165) is 16.7 Å². The summed E-state index contributed by atoms with van der Waals surface area (Å²) >= 11 is 0. The van der Waals surface area contributed by atoms with E-state index in [9.17, 15) is 19.1 Å². The summed E-state index contributed by atoms with van der Waals surface area (Å²) in [5, 5.41) is 10.2. The van der Waals surface area contributed by atoms with Crippen LogP contribution < -0.4 is 0 Å². The average Bonchev–Trinajstić information content (AvgIpc) is 2.62. The van der Waals surface area contributed by atoms with Crippen LogP contribution in [-0.2, 0) is 16.1 Å². The Morgan fingerprint density at radius 3 is 2.33 bits per heavy atom. The molecule has 0 spiro atoms. The van der Waals surface area contributed by atoms with Crippen LogP contribution in [-0.4, -0.2) is 46.4 Å². The Kier molecular flexibility index (Phi) is 5.56. The van der Waals surface area contributed by atoms with Crippen LogP contribution in [0.2, 0.25) is 0 Å². The minimum atomic E-state index is -1.40. The van der Waals surface area contributed by atoms with Gasteiger partial charge in [-0.25, -0.2) is 4.39 Å². The molecule has 0 unspecified atom stereocenters. The van der Waals surface area contributed by atoms with Gasteiger partial charge in [0.1, 0.15) is 5.82 Å². The molecule has 1 aliphatic heterocycles. The zero-order chi connectivity index (χ0) is 19.6. The Balaban J connectivity index is 1.63. The number of amides is 2. The summed E-state index contributed by atoms with van der Waals surface area (Å²) in [4.78, 5) is 28.1. The zero-order valence-electron chi connectivity index (χ0n) is 15.5. The number of halogens is 1.